The van der Waals surface area contributed by atoms with Crippen LogP contribution in [0.1, 0.15) is 23.0 Å². The molecule has 0 bridgehead atoms. The number of rotatable bonds is 3. The lowest BCUT2D eigenvalue weighted by molar-refractivity contribution is 0.0941. The normalized spacial score (nSPS) is 19.0. The maximum Gasteiger partial charge on any atom is 0.277 e. The van der Waals surface area contributed by atoms with Crippen LogP contribution in [0.5, 0.6) is 0 Å². The number of amides is 1. The van der Waals surface area contributed by atoms with E-state index in [1.807, 2.05) is 23.8 Å². The highest BCUT2D eigenvalue weighted by Gasteiger charge is 2.41. The molecule has 3 aromatic rings. The number of hydrogen-bond acceptors (Lipinski definition) is 6. The highest BCUT2D eigenvalue weighted by molar-refractivity contribution is 7.08. The predicted octanol–water partition coefficient (Wildman–Crippen LogP) is 1.91. The summed E-state index contributed by atoms with van der Waals surface area (Å²) in [6.07, 6.45) is 2.98. The molecule has 2 N–H and O–H groups in total. The number of thiophene rings is 1. The predicted molar refractivity (Wildman–Crippen MR) is 90.6 cm³/mol. The van der Waals surface area contributed by atoms with Crippen molar-refractivity contribution >= 4 is 28.7 Å². The molecule has 0 aromatic carbocycles. The first-order valence-corrected chi connectivity index (χ1v) is 8.18. The van der Waals surface area contributed by atoms with E-state index in [9.17, 15) is 9.59 Å². The average molecular weight is 339 g/mol. The third-order valence-electron chi connectivity index (χ3n) is 4.05. The van der Waals surface area contributed by atoms with Gasteiger partial charge >= 0.3 is 0 Å². The minimum absolute atomic E-state index is 0.269. The summed E-state index contributed by atoms with van der Waals surface area (Å²) in [5.41, 5.74) is 0.337. The lowest BCUT2D eigenvalue weighted by Crippen LogP contribution is -2.45. The topological polar surface area (TPSA) is 88.9 Å². The van der Waals surface area contributed by atoms with E-state index < -0.39 is 5.66 Å². The summed E-state index contributed by atoms with van der Waals surface area (Å²) >= 11 is 1.51. The monoisotopic (exact) mass is 339 g/mol. The van der Waals surface area contributed by atoms with Gasteiger partial charge in [0, 0.05) is 11.8 Å². The molecule has 120 valence electrons. The zero-order chi connectivity index (χ0) is 16.7. The molecule has 0 spiro atoms. The highest BCUT2D eigenvalue weighted by atomic mass is 32.1. The van der Waals surface area contributed by atoms with Crippen molar-refractivity contribution in [2.24, 2.45) is 0 Å². The van der Waals surface area contributed by atoms with Crippen LogP contribution >= 0.6 is 11.3 Å². The fraction of sp³-hybridized carbons (Fsp3) is 0.125. The van der Waals surface area contributed by atoms with Crippen LogP contribution in [0.3, 0.4) is 0 Å². The largest absolute Gasteiger partial charge is 0.336 e. The minimum atomic E-state index is -0.910. The van der Waals surface area contributed by atoms with Crippen LogP contribution in [0.4, 0.5) is 11.5 Å². The van der Waals surface area contributed by atoms with E-state index in [-0.39, 0.29) is 11.5 Å². The minimum Gasteiger partial charge on any atom is -0.336 e. The Labute approximate surface area is 141 Å². The average Bonchev–Trinajstić information content (AvgIpc) is 3.19. The van der Waals surface area contributed by atoms with Crippen molar-refractivity contribution in [2.45, 2.75) is 12.6 Å². The van der Waals surface area contributed by atoms with Crippen molar-refractivity contribution in [1.82, 2.24) is 19.9 Å². The molecule has 7 nitrogen and oxygen atoms in total. The van der Waals surface area contributed by atoms with E-state index in [1.165, 1.54) is 22.2 Å². The fourth-order valence-corrected chi connectivity index (χ4v) is 3.60. The standard InChI is InChI=1S/C16H13N5O2S/c1-16(10-5-7-24-8-10)20-14(22)12-3-2-11(15(23)21(12)16)19-13-4-6-17-9-18-13/h2-9H,1H3,(H,20,22)(H,17,18,19). The van der Waals surface area contributed by atoms with Gasteiger partial charge in [-0.15, -0.1) is 0 Å². The molecule has 1 aliphatic heterocycles. The molecule has 0 saturated carbocycles. The van der Waals surface area contributed by atoms with Crippen LogP contribution in [0, 0.1) is 0 Å². The van der Waals surface area contributed by atoms with Gasteiger partial charge in [-0.05, 0) is 41.9 Å². The first kappa shape index (κ1) is 14.6. The molecule has 1 amide bonds. The molecule has 0 radical (unpaired) electrons. The summed E-state index contributed by atoms with van der Waals surface area (Å²) < 4.78 is 1.49. The summed E-state index contributed by atoms with van der Waals surface area (Å²) in [6.45, 7) is 1.82. The summed E-state index contributed by atoms with van der Waals surface area (Å²) in [6, 6.07) is 6.79. The van der Waals surface area contributed by atoms with E-state index >= 15 is 0 Å². The van der Waals surface area contributed by atoms with Crippen LogP contribution in [-0.4, -0.2) is 20.4 Å². The van der Waals surface area contributed by atoms with Crippen molar-refractivity contribution in [2.75, 3.05) is 5.32 Å². The van der Waals surface area contributed by atoms with E-state index in [2.05, 4.69) is 20.6 Å². The quantitative estimate of drug-likeness (QED) is 0.761. The Morgan fingerprint density at radius 3 is 2.83 bits per heavy atom. The smallest absolute Gasteiger partial charge is 0.277 e. The zero-order valence-electron chi connectivity index (χ0n) is 12.7. The maximum absolute atomic E-state index is 13.0. The SMILES string of the molecule is CC1(c2ccsc2)NC(=O)c2ccc(Nc3ccncn3)c(=O)n21. The molecule has 1 aliphatic rings. The Balaban J connectivity index is 1.86. The molecule has 1 atom stereocenters. The van der Waals surface area contributed by atoms with Crippen molar-refractivity contribution in [3.8, 4) is 0 Å². The number of carbonyl (C=O) groups is 1. The Morgan fingerprint density at radius 2 is 2.12 bits per heavy atom. The summed E-state index contributed by atoms with van der Waals surface area (Å²) in [5, 5.41) is 9.72. The number of carbonyl (C=O) groups excluding carboxylic acids is 1. The molecule has 4 heterocycles. The number of nitrogens with zero attached hydrogens (tertiary/aromatic N) is 3. The van der Waals surface area contributed by atoms with Crippen LogP contribution in [0.2, 0.25) is 0 Å². The summed E-state index contributed by atoms with van der Waals surface area (Å²) in [7, 11) is 0. The van der Waals surface area contributed by atoms with Gasteiger partial charge < -0.3 is 10.6 Å². The van der Waals surface area contributed by atoms with Gasteiger partial charge in [0.1, 0.15) is 29.2 Å². The number of hydrogen-bond donors (Lipinski definition) is 2. The van der Waals surface area contributed by atoms with Gasteiger partial charge in [0.15, 0.2) is 0 Å². The van der Waals surface area contributed by atoms with Crippen LogP contribution in [-0.2, 0) is 5.66 Å². The Kier molecular flexibility index (Phi) is 3.20. The summed E-state index contributed by atoms with van der Waals surface area (Å²) in [5.74, 6) is 0.242. The van der Waals surface area contributed by atoms with Crippen molar-refractivity contribution in [1.29, 1.82) is 0 Å². The number of nitrogens with one attached hydrogen (secondary N) is 2. The molecule has 4 rings (SSSR count). The van der Waals surface area contributed by atoms with Crippen LogP contribution < -0.4 is 16.2 Å². The Morgan fingerprint density at radius 1 is 1.25 bits per heavy atom. The number of pyridine rings is 1. The van der Waals surface area contributed by atoms with Crippen molar-refractivity contribution in [3.05, 3.63) is 69.2 Å². The van der Waals surface area contributed by atoms with Crippen LogP contribution in [0.25, 0.3) is 0 Å². The van der Waals surface area contributed by atoms with Gasteiger partial charge in [-0.2, -0.15) is 11.3 Å². The third-order valence-corrected chi connectivity index (χ3v) is 4.73. The first-order chi connectivity index (χ1) is 11.6. The van der Waals surface area contributed by atoms with E-state index in [0.29, 0.717) is 17.2 Å². The van der Waals surface area contributed by atoms with Gasteiger partial charge in [-0.3, -0.25) is 14.2 Å². The first-order valence-electron chi connectivity index (χ1n) is 7.24. The molecule has 1 unspecified atom stereocenters. The second-order valence-corrected chi connectivity index (χ2v) is 6.31. The van der Waals surface area contributed by atoms with Gasteiger partial charge in [-0.25, -0.2) is 9.97 Å². The van der Waals surface area contributed by atoms with Gasteiger partial charge in [0.25, 0.3) is 11.5 Å². The fourth-order valence-electron chi connectivity index (χ4n) is 2.84. The van der Waals surface area contributed by atoms with Gasteiger partial charge in [0.05, 0.1) is 0 Å². The number of aromatic nitrogens is 3. The van der Waals surface area contributed by atoms with Crippen LogP contribution in [0.15, 0.2) is 52.3 Å². The zero-order valence-corrected chi connectivity index (χ0v) is 13.5. The molecular weight excluding hydrogens is 326 g/mol. The number of anilines is 2. The van der Waals surface area contributed by atoms with E-state index in [1.54, 1.807) is 24.4 Å². The molecular formula is C16H13N5O2S. The van der Waals surface area contributed by atoms with E-state index in [0.717, 1.165) is 5.56 Å². The van der Waals surface area contributed by atoms with Crippen molar-refractivity contribution < 1.29 is 4.79 Å². The number of fused-ring (bicyclic) bond motifs is 1. The second-order valence-electron chi connectivity index (χ2n) is 5.53. The Hall–Kier alpha value is -3.00. The second kappa shape index (κ2) is 5.27. The molecule has 0 aliphatic carbocycles. The third kappa shape index (κ3) is 2.11. The van der Waals surface area contributed by atoms with E-state index in [4.69, 9.17) is 0 Å². The molecule has 0 fully saturated rings. The lowest BCUT2D eigenvalue weighted by atomic mass is 10.1. The van der Waals surface area contributed by atoms with Crippen molar-refractivity contribution in [3.63, 3.8) is 0 Å². The maximum atomic E-state index is 13.0. The molecule has 0 saturated heterocycles. The summed E-state index contributed by atoms with van der Waals surface area (Å²) in [4.78, 5) is 33.2. The lowest BCUT2D eigenvalue weighted by Gasteiger charge is -2.26. The molecule has 24 heavy (non-hydrogen) atoms. The molecule has 3 aromatic heterocycles. The highest BCUT2D eigenvalue weighted by Crippen LogP contribution is 2.30. The van der Waals surface area contributed by atoms with Gasteiger partial charge in [-0.1, -0.05) is 0 Å². The van der Waals surface area contributed by atoms with Gasteiger partial charge in [0.2, 0.25) is 0 Å². The molecule has 8 heteroatoms. The Bertz CT molecular complexity index is 968.